The molecule has 88 valence electrons. The molecule has 0 spiro atoms. The number of carbonyl (C=O) groups is 1. The summed E-state index contributed by atoms with van der Waals surface area (Å²) < 4.78 is 0. The number of carboxylic acid groups (broad SMARTS) is 1. The molecule has 0 aliphatic rings. The number of nitrogens with zero attached hydrogens (tertiary/aromatic N) is 3. The van der Waals surface area contributed by atoms with Gasteiger partial charge in [0, 0.05) is 18.0 Å². The van der Waals surface area contributed by atoms with Crippen molar-refractivity contribution in [1.29, 1.82) is 0 Å². The van der Waals surface area contributed by atoms with Crippen LogP contribution in [0.3, 0.4) is 0 Å². The summed E-state index contributed by atoms with van der Waals surface area (Å²) in [5.41, 5.74) is -0.118. The number of hydrogen-bond donors (Lipinski definition) is 1. The van der Waals surface area contributed by atoms with Gasteiger partial charge in [-0.05, 0) is 26.0 Å². The highest BCUT2D eigenvalue weighted by Crippen LogP contribution is 2.30. The lowest BCUT2D eigenvalue weighted by Crippen LogP contribution is -2.28. The van der Waals surface area contributed by atoms with Gasteiger partial charge in [0.2, 0.25) is 0 Å². The van der Waals surface area contributed by atoms with E-state index in [0.29, 0.717) is 10.0 Å². The highest BCUT2D eigenvalue weighted by Gasteiger charge is 2.33. The van der Waals surface area contributed by atoms with Gasteiger partial charge in [-0.15, -0.1) is 10.2 Å². The average molecular weight is 249 g/mol. The van der Waals surface area contributed by atoms with Crippen molar-refractivity contribution < 1.29 is 9.90 Å². The minimum atomic E-state index is -1.01. The molecule has 0 aromatic carbocycles. The molecule has 0 saturated carbocycles. The van der Waals surface area contributed by atoms with Crippen molar-refractivity contribution in [3.63, 3.8) is 0 Å². The lowest BCUT2D eigenvalue weighted by Gasteiger charge is -2.13. The molecule has 2 heterocycles. The summed E-state index contributed by atoms with van der Waals surface area (Å²) in [6.07, 6.45) is 3.33. The maximum absolute atomic E-state index is 11.1. The Morgan fingerprint density at radius 3 is 2.53 bits per heavy atom. The molecule has 5 nitrogen and oxygen atoms in total. The topological polar surface area (TPSA) is 76.0 Å². The molecule has 0 fully saturated rings. The van der Waals surface area contributed by atoms with Crippen molar-refractivity contribution in [2.75, 3.05) is 0 Å². The van der Waals surface area contributed by atoms with Crippen LogP contribution in [0.5, 0.6) is 0 Å². The molecular weight excluding hydrogens is 238 g/mol. The molecule has 0 radical (unpaired) electrons. The maximum atomic E-state index is 11.1. The molecule has 0 unspecified atom stereocenters. The SMILES string of the molecule is CC(C)(C(=O)O)c1nnc(-c2ccncc2)s1. The highest BCUT2D eigenvalue weighted by atomic mass is 32.1. The molecule has 0 amide bonds. The van der Waals surface area contributed by atoms with Crippen LogP contribution < -0.4 is 0 Å². The summed E-state index contributed by atoms with van der Waals surface area (Å²) in [6, 6.07) is 3.64. The Morgan fingerprint density at radius 2 is 1.94 bits per heavy atom. The molecule has 0 aliphatic heterocycles. The first-order valence-electron chi connectivity index (χ1n) is 4.99. The largest absolute Gasteiger partial charge is 0.481 e. The third kappa shape index (κ3) is 2.16. The monoisotopic (exact) mass is 249 g/mol. The fraction of sp³-hybridized carbons (Fsp3) is 0.273. The predicted octanol–water partition coefficient (Wildman–Crippen LogP) is 1.96. The van der Waals surface area contributed by atoms with Crippen LogP contribution in [0.2, 0.25) is 0 Å². The second-order valence-electron chi connectivity index (χ2n) is 4.08. The second-order valence-corrected chi connectivity index (χ2v) is 5.06. The third-order valence-electron chi connectivity index (χ3n) is 2.42. The van der Waals surface area contributed by atoms with E-state index in [1.54, 1.807) is 26.2 Å². The number of aliphatic carboxylic acids is 1. The normalized spacial score (nSPS) is 11.4. The van der Waals surface area contributed by atoms with E-state index in [-0.39, 0.29) is 0 Å². The highest BCUT2D eigenvalue weighted by molar-refractivity contribution is 7.14. The summed E-state index contributed by atoms with van der Waals surface area (Å²) in [5.74, 6) is -0.907. The van der Waals surface area contributed by atoms with Gasteiger partial charge in [-0.1, -0.05) is 11.3 Å². The molecule has 2 aromatic heterocycles. The van der Waals surface area contributed by atoms with Crippen LogP contribution in [0.15, 0.2) is 24.5 Å². The number of pyridine rings is 1. The van der Waals surface area contributed by atoms with Gasteiger partial charge < -0.3 is 5.11 Å². The fourth-order valence-electron chi connectivity index (χ4n) is 1.18. The first-order chi connectivity index (χ1) is 8.01. The van der Waals surface area contributed by atoms with Gasteiger partial charge in [-0.3, -0.25) is 9.78 Å². The zero-order valence-electron chi connectivity index (χ0n) is 9.41. The Bertz CT molecular complexity index is 537. The van der Waals surface area contributed by atoms with Gasteiger partial charge >= 0.3 is 5.97 Å². The molecule has 0 saturated heterocycles. The van der Waals surface area contributed by atoms with E-state index in [1.807, 2.05) is 12.1 Å². The Labute approximate surface area is 102 Å². The average Bonchev–Trinajstić information content (AvgIpc) is 2.80. The van der Waals surface area contributed by atoms with Gasteiger partial charge in [0.05, 0.1) is 0 Å². The van der Waals surface area contributed by atoms with Crippen LogP contribution in [-0.4, -0.2) is 26.3 Å². The van der Waals surface area contributed by atoms with E-state index in [4.69, 9.17) is 5.11 Å². The first-order valence-corrected chi connectivity index (χ1v) is 5.81. The smallest absolute Gasteiger partial charge is 0.316 e. The van der Waals surface area contributed by atoms with Crippen LogP contribution in [0.4, 0.5) is 0 Å². The molecule has 2 aromatic rings. The van der Waals surface area contributed by atoms with Crippen LogP contribution in [0.1, 0.15) is 18.9 Å². The molecule has 6 heteroatoms. The van der Waals surface area contributed by atoms with Crippen LogP contribution in [0, 0.1) is 0 Å². The van der Waals surface area contributed by atoms with E-state index < -0.39 is 11.4 Å². The minimum Gasteiger partial charge on any atom is -0.481 e. The molecule has 0 bridgehead atoms. The van der Waals surface area contributed by atoms with E-state index in [1.165, 1.54) is 11.3 Å². The van der Waals surface area contributed by atoms with Crippen LogP contribution in [0.25, 0.3) is 10.6 Å². The zero-order chi connectivity index (χ0) is 12.5. The van der Waals surface area contributed by atoms with Gasteiger partial charge in [-0.2, -0.15) is 0 Å². The van der Waals surface area contributed by atoms with Gasteiger partial charge in [0.1, 0.15) is 15.4 Å². The van der Waals surface area contributed by atoms with E-state index in [9.17, 15) is 4.79 Å². The minimum absolute atomic E-state index is 0.497. The molecule has 0 aliphatic carbocycles. The zero-order valence-corrected chi connectivity index (χ0v) is 10.2. The van der Waals surface area contributed by atoms with Gasteiger partial charge in [0.25, 0.3) is 0 Å². The standard InChI is InChI=1S/C11H11N3O2S/c1-11(2,10(15)16)9-14-13-8(17-9)7-3-5-12-6-4-7/h3-6H,1-2H3,(H,15,16). The van der Waals surface area contributed by atoms with Crippen molar-refractivity contribution in [2.45, 2.75) is 19.3 Å². The Morgan fingerprint density at radius 1 is 1.29 bits per heavy atom. The predicted molar refractivity (Wildman–Crippen MR) is 63.8 cm³/mol. The Hall–Kier alpha value is -1.82. The molecule has 1 N–H and O–H groups in total. The van der Waals surface area contributed by atoms with Crippen molar-refractivity contribution in [3.05, 3.63) is 29.5 Å². The number of rotatable bonds is 3. The second kappa shape index (κ2) is 4.21. The van der Waals surface area contributed by atoms with E-state index >= 15 is 0 Å². The summed E-state index contributed by atoms with van der Waals surface area (Å²) >= 11 is 1.29. The molecule has 17 heavy (non-hydrogen) atoms. The molecule has 2 rings (SSSR count). The van der Waals surface area contributed by atoms with E-state index in [2.05, 4.69) is 15.2 Å². The van der Waals surface area contributed by atoms with Crippen LogP contribution in [-0.2, 0) is 10.2 Å². The van der Waals surface area contributed by atoms with Gasteiger partial charge in [0.15, 0.2) is 0 Å². The number of aromatic nitrogens is 3. The van der Waals surface area contributed by atoms with E-state index in [0.717, 1.165) is 5.56 Å². The van der Waals surface area contributed by atoms with Crippen molar-refractivity contribution >= 4 is 17.3 Å². The first kappa shape index (κ1) is 11.7. The maximum Gasteiger partial charge on any atom is 0.316 e. The Kier molecular flexibility index (Phi) is 2.89. The van der Waals surface area contributed by atoms with Crippen molar-refractivity contribution in [1.82, 2.24) is 15.2 Å². The Balaban J connectivity index is 2.38. The summed E-state index contributed by atoms with van der Waals surface area (Å²) in [4.78, 5) is 15.0. The fourth-order valence-corrected chi connectivity index (χ4v) is 2.12. The quantitative estimate of drug-likeness (QED) is 0.899. The molecular formula is C11H11N3O2S. The van der Waals surface area contributed by atoms with Gasteiger partial charge in [-0.25, -0.2) is 0 Å². The van der Waals surface area contributed by atoms with Crippen LogP contribution >= 0.6 is 11.3 Å². The lowest BCUT2D eigenvalue weighted by molar-refractivity contribution is -0.142. The van der Waals surface area contributed by atoms with Crippen molar-refractivity contribution in [2.24, 2.45) is 0 Å². The summed E-state index contributed by atoms with van der Waals surface area (Å²) in [7, 11) is 0. The summed E-state index contributed by atoms with van der Waals surface area (Å²) in [5, 5.41) is 18.3. The number of hydrogen-bond acceptors (Lipinski definition) is 5. The molecule has 0 atom stereocenters. The summed E-state index contributed by atoms with van der Waals surface area (Å²) in [6.45, 7) is 3.23. The van der Waals surface area contributed by atoms with Crippen molar-refractivity contribution in [3.8, 4) is 10.6 Å². The lowest BCUT2D eigenvalue weighted by atomic mass is 9.95. The number of carboxylic acids is 1. The third-order valence-corrected chi connectivity index (χ3v) is 3.72.